The molecule has 1 N–H and O–H groups in total. The predicted molar refractivity (Wildman–Crippen MR) is 59.9 cm³/mol. The number of nitrogens with one attached hydrogen (secondary N) is 1. The number of nitrogens with zero attached hydrogens (tertiary/aromatic N) is 1. The van der Waals surface area contributed by atoms with E-state index in [1.165, 1.54) is 0 Å². The van der Waals surface area contributed by atoms with Gasteiger partial charge in [0.15, 0.2) is 0 Å². The van der Waals surface area contributed by atoms with Crippen LogP contribution in [0.1, 0.15) is 5.69 Å². The summed E-state index contributed by atoms with van der Waals surface area (Å²) in [7, 11) is 0. The molecule has 1 aromatic carbocycles. The normalized spacial score (nSPS) is 10.6. The molecular weight excluding hydrogens is 244 g/mol. The summed E-state index contributed by atoms with van der Waals surface area (Å²) in [4.78, 5) is 11.4. The zero-order valence-corrected chi connectivity index (χ0v) is 9.04. The number of aromatic amines is 1. The van der Waals surface area contributed by atoms with E-state index in [1.807, 2.05) is 24.3 Å². The summed E-state index contributed by atoms with van der Waals surface area (Å²) >= 11 is 3.36. The molecule has 0 atom stereocenters. The number of halogens is 1. The van der Waals surface area contributed by atoms with Crippen molar-refractivity contribution in [2.24, 2.45) is 0 Å². The molecule has 0 unspecified atom stereocenters. The maximum Gasteiger partial charge on any atom is 0.272 e. The van der Waals surface area contributed by atoms with E-state index in [0.717, 1.165) is 22.8 Å². The molecular formula is C10H9BrN2O. The standard InChI is InChI=1S/C10H9BrN2O/c11-6-5-9-7-3-1-2-4-8(7)10(14)13-12-9/h1-4H,5-6H2,(H,13,14). The van der Waals surface area contributed by atoms with Gasteiger partial charge in [-0.2, -0.15) is 5.10 Å². The topological polar surface area (TPSA) is 45.8 Å². The van der Waals surface area contributed by atoms with Crippen LogP contribution in [0.4, 0.5) is 0 Å². The van der Waals surface area contributed by atoms with Crippen molar-refractivity contribution < 1.29 is 0 Å². The second-order valence-corrected chi connectivity index (χ2v) is 3.78. The molecule has 0 radical (unpaired) electrons. The van der Waals surface area contributed by atoms with Crippen LogP contribution >= 0.6 is 15.9 Å². The molecule has 0 aliphatic carbocycles. The van der Waals surface area contributed by atoms with Crippen LogP contribution in [0.15, 0.2) is 29.1 Å². The molecule has 0 bridgehead atoms. The summed E-state index contributed by atoms with van der Waals surface area (Å²) in [6, 6.07) is 7.51. The van der Waals surface area contributed by atoms with Crippen LogP contribution < -0.4 is 5.56 Å². The fourth-order valence-corrected chi connectivity index (χ4v) is 1.83. The smallest absolute Gasteiger partial charge is 0.267 e. The number of fused-ring (bicyclic) bond motifs is 1. The van der Waals surface area contributed by atoms with Gasteiger partial charge in [-0.1, -0.05) is 34.1 Å². The number of rotatable bonds is 2. The minimum absolute atomic E-state index is 0.126. The molecule has 0 spiro atoms. The van der Waals surface area contributed by atoms with E-state index in [1.54, 1.807) is 0 Å². The van der Waals surface area contributed by atoms with Crippen LogP contribution in [-0.4, -0.2) is 15.5 Å². The molecule has 0 saturated heterocycles. The lowest BCUT2D eigenvalue weighted by Gasteiger charge is -2.01. The number of hydrogen-bond donors (Lipinski definition) is 1. The van der Waals surface area contributed by atoms with Crippen molar-refractivity contribution in [2.45, 2.75) is 6.42 Å². The lowest BCUT2D eigenvalue weighted by molar-refractivity contribution is 0.925. The van der Waals surface area contributed by atoms with Gasteiger partial charge in [-0.3, -0.25) is 4.79 Å². The van der Waals surface area contributed by atoms with Crippen LogP contribution in [0, 0.1) is 0 Å². The Morgan fingerprint density at radius 3 is 2.71 bits per heavy atom. The number of H-pyrrole nitrogens is 1. The van der Waals surface area contributed by atoms with Gasteiger partial charge in [0.2, 0.25) is 0 Å². The Bertz CT molecular complexity index is 507. The summed E-state index contributed by atoms with van der Waals surface area (Å²) in [5, 5.41) is 9.02. The Kier molecular flexibility index (Phi) is 2.63. The second kappa shape index (κ2) is 3.92. The Morgan fingerprint density at radius 1 is 1.29 bits per heavy atom. The van der Waals surface area contributed by atoms with Gasteiger partial charge in [-0.05, 0) is 6.07 Å². The Labute approximate surface area is 89.3 Å². The first-order valence-corrected chi connectivity index (χ1v) is 5.47. The summed E-state index contributed by atoms with van der Waals surface area (Å²) in [6.45, 7) is 0. The highest BCUT2D eigenvalue weighted by molar-refractivity contribution is 9.09. The highest BCUT2D eigenvalue weighted by Crippen LogP contribution is 2.12. The molecule has 72 valence electrons. The summed E-state index contributed by atoms with van der Waals surface area (Å²) in [5.74, 6) is 0. The minimum atomic E-state index is -0.126. The lowest BCUT2D eigenvalue weighted by Crippen LogP contribution is -2.11. The van der Waals surface area contributed by atoms with E-state index < -0.39 is 0 Å². The van der Waals surface area contributed by atoms with Crippen molar-refractivity contribution >= 4 is 26.7 Å². The van der Waals surface area contributed by atoms with Crippen LogP contribution in [0.25, 0.3) is 10.8 Å². The Hall–Kier alpha value is -1.16. The zero-order valence-electron chi connectivity index (χ0n) is 7.46. The average Bonchev–Trinajstić information content (AvgIpc) is 2.23. The van der Waals surface area contributed by atoms with Gasteiger partial charge in [-0.25, -0.2) is 5.10 Å². The van der Waals surface area contributed by atoms with Crippen molar-refractivity contribution in [2.75, 3.05) is 5.33 Å². The van der Waals surface area contributed by atoms with Crippen LogP contribution in [0.2, 0.25) is 0 Å². The first kappa shape index (κ1) is 9.40. The maximum absolute atomic E-state index is 11.4. The highest BCUT2D eigenvalue weighted by Gasteiger charge is 2.03. The van der Waals surface area contributed by atoms with Crippen LogP contribution in [0.3, 0.4) is 0 Å². The fraction of sp³-hybridized carbons (Fsp3) is 0.200. The molecule has 1 aromatic heterocycles. The molecule has 1 heterocycles. The third-order valence-corrected chi connectivity index (χ3v) is 2.50. The van der Waals surface area contributed by atoms with E-state index >= 15 is 0 Å². The van der Waals surface area contributed by atoms with Gasteiger partial charge in [0, 0.05) is 17.1 Å². The monoisotopic (exact) mass is 252 g/mol. The molecule has 2 aromatic rings. The average molecular weight is 253 g/mol. The Balaban J connectivity index is 2.75. The number of alkyl halides is 1. The van der Waals surface area contributed by atoms with Crippen molar-refractivity contribution in [1.82, 2.24) is 10.2 Å². The molecule has 14 heavy (non-hydrogen) atoms. The van der Waals surface area contributed by atoms with Gasteiger partial charge < -0.3 is 0 Å². The van der Waals surface area contributed by atoms with Crippen molar-refractivity contribution in [3.63, 3.8) is 0 Å². The Morgan fingerprint density at radius 2 is 2.00 bits per heavy atom. The van der Waals surface area contributed by atoms with Crippen molar-refractivity contribution in [1.29, 1.82) is 0 Å². The lowest BCUT2D eigenvalue weighted by atomic mass is 10.1. The van der Waals surface area contributed by atoms with E-state index in [0.29, 0.717) is 5.39 Å². The predicted octanol–water partition coefficient (Wildman–Crippen LogP) is 1.86. The van der Waals surface area contributed by atoms with Crippen molar-refractivity contribution in [3.05, 3.63) is 40.3 Å². The van der Waals surface area contributed by atoms with Crippen molar-refractivity contribution in [3.8, 4) is 0 Å². The van der Waals surface area contributed by atoms with Crippen LogP contribution in [0.5, 0.6) is 0 Å². The third-order valence-electron chi connectivity index (χ3n) is 2.11. The highest BCUT2D eigenvalue weighted by atomic mass is 79.9. The van der Waals surface area contributed by atoms with E-state index in [4.69, 9.17) is 0 Å². The molecule has 0 aliphatic heterocycles. The SMILES string of the molecule is O=c1[nH]nc(CCBr)c2ccccc12. The molecule has 0 amide bonds. The molecule has 0 aliphatic rings. The quantitative estimate of drug-likeness (QED) is 0.830. The molecule has 3 nitrogen and oxygen atoms in total. The first-order valence-electron chi connectivity index (χ1n) is 4.35. The zero-order chi connectivity index (χ0) is 9.97. The van der Waals surface area contributed by atoms with E-state index in [9.17, 15) is 4.79 Å². The number of aromatic nitrogens is 2. The largest absolute Gasteiger partial charge is 0.272 e. The maximum atomic E-state index is 11.4. The van der Waals surface area contributed by atoms with Gasteiger partial charge in [-0.15, -0.1) is 0 Å². The summed E-state index contributed by atoms with van der Waals surface area (Å²) < 4.78 is 0. The fourth-order valence-electron chi connectivity index (χ4n) is 1.45. The molecule has 2 rings (SSSR count). The van der Waals surface area contributed by atoms with Gasteiger partial charge in [0.25, 0.3) is 5.56 Å². The van der Waals surface area contributed by atoms with Gasteiger partial charge >= 0.3 is 0 Å². The van der Waals surface area contributed by atoms with Gasteiger partial charge in [0.1, 0.15) is 0 Å². The van der Waals surface area contributed by atoms with Gasteiger partial charge in [0.05, 0.1) is 11.1 Å². The van der Waals surface area contributed by atoms with E-state index in [2.05, 4.69) is 26.1 Å². The summed E-state index contributed by atoms with van der Waals surface area (Å²) in [6.07, 6.45) is 0.817. The molecule has 4 heteroatoms. The number of benzene rings is 1. The minimum Gasteiger partial charge on any atom is -0.267 e. The second-order valence-electron chi connectivity index (χ2n) is 2.98. The summed E-state index contributed by atoms with van der Waals surface area (Å²) in [5.41, 5.74) is 0.802. The molecule has 0 fully saturated rings. The number of hydrogen-bond acceptors (Lipinski definition) is 2. The van der Waals surface area contributed by atoms with Crippen LogP contribution in [-0.2, 0) is 6.42 Å². The van der Waals surface area contributed by atoms with E-state index in [-0.39, 0.29) is 5.56 Å². The number of aryl methyl sites for hydroxylation is 1. The first-order chi connectivity index (χ1) is 6.83. The third kappa shape index (κ3) is 1.57. The molecule has 0 saturated carbocycles.